The van der Waals surface area contributed by atoms with Gasteiger partial charge in [-0.05, 0) is 44.0 Å². The molecule has 0 bridgehead atoms. The van der Waals surface area contributed by atoms with Gasteiger partial charge in [-0.25, -0.2) is 4.39 Å². The van der Waals surface area contributed by atoms with Gasteiger partial charge in [0.2, 0.25) is 0 Å². The van der Waals surface area contributed by atoms with Crippen LogP contribution in [0.4, 0.5) is 4.39 Å². The lowest BCUT2D eigenvalue weighted by atomic mass is 10.0. The van der Waals surface area contributed by atoms with Gasteiger partial charge in [0.05, 0.1) is 11.1 Å². The molecular formula is C12H13ClFNO. The summed E-state index contributed by atoms with van der Waals surface area (Å²) in [6.07, 6.45) is 1.77. The summed E-state index contributed by atoms with van der Waals surface area (Å²) in [5.74, 6) is -0.493. The zero-order valence-corrected chi connectivity index (χ0v) is 9.77. The van der Waals surface area contributed by atoms with E-state index in [4.69, 9.17) is 11.6 Å². The van der Waals surface area contributed by atoms with E-state index in [1.165, 1.54) is 12.1 Å². The number of Topliss-reactive ketones (excluding diaryl/α,β-unsaturated/α-hetero) is 1. The van der Waals surface area contributed by atoms with Crippen LogP contribution in [0.1, 0.15) is 28.8 Å². The smallest absolute Gasteiger partial charge is 0.181 e. The van der Waals surface area contributed by atoms with Crippen molar-refractivity contribution in [1.82, 2.24) is 5.32 Å². The maximum atomic E-state index is 13.4. The number of nitrogens with one attached hydrogen (secondary N) is 1. The Balaban J connectivity index is 2.32. The average molecular weight is 242 g/mol. The van der Waals surface area contributed by atoms with Crippen LogP contribution in [0.25, 0.3) is 0 Å². The van der Waals surface area contributed by atoms with Crippen molar-refractivity contribution in [2.24, 2.45) is 0 Å². The van der Waals surface area contributed by atoms with E-state index < -0.39 is 0 Å². The van der Waals surface area contributed by atoms with Crippen molar-refractivity contribution in [2.45, 2.75) is 25.8 Å². The van der Waals surface area contributed by atoms with Gasteiger partial charge in [-0.1, -0.05) is 11.6 Å². The van der Waals surface area contributed by atoms with Gasteiger partial charge in [0, 0.05) is 5.56 Å². The molecule has 16 heavy (non-hydrogen) atoms. The SMILES string of the molecule is Cc1cc(Cl)c(C(=O)C2CCCN2)cc1F. The Morgan fingerprint density at radius 3 is 2.94 bits per heavy atom. The summed E-state index contributed by atoms with van der Waals surface area (Å²) in [6.45, 7) is 2.46. The van der Waals surface area contributed by atoms with Crippen LogP contribution in [0.2, 0.25) is 5.02 Å². The molecular weight excluding hydrogens is 229 g/mol. The molecule has 86 valence electrons. The lowest BCUT2D eigenvalue weighted by Gasteiger charge is -2.11. The van der Waals surface area contributed by atoms with E-state index in [0.717, 1.165) is 19.4 Å². The molecule has 1 saturated heterocycles. The second kappa shape index (κ2) is 4.52. The molecule has 0 saturated carbocycles. The van der Waals surface area contributed by atoms with Crippen LogP contribution in [0.5, 0.6) is 0 Å². The van der Waals surface area contributed by atoms with Crippen molar-refractivity contribution in [2.75, 3.05) is 6.54 Å². The summed E-state index contributed by atoms with van der Waals surface area (Å²) in [5, 5.41) is 3.42. The molecule has 4 heteroatoms. The summed E-state index contributed by atoms with van der Waals surface area (Å²) < 4.78 is 13.4. The number of carbonyl (C=O) groups is 1. The topological polar surface area (TPSA) is 29.1 Å². The minimum absolute atomic E-state index is 0.110. The van der Waals surface area contributed by atoms with Crippen LogP contribution in [0.15, 0.2) is 12.1 Å². The molecule has 1 aliphatic rings. The molecule has 1 fully saturated rings. The lowest BCUT2D eigenvalue weighted by Crippen LogP contribution is -2.31. The summed E-state index contributed by atoms with van der Waals surface area (Å²) in [4.78, 5) is 12.0. The van der Waals surface area contributed by atoms with Crippen molar-refractivity contribution < 1.29 is 9.18 Å². The Morgan fingerprint density at radius 1 is 1.56 bits per heavy atom. The van der Waals surface area contributed by atoms with Gasteiger partial charge in [0.25, 0.3) is 0 Å². The van der Waals surface area contributed by atoms with Gasteiger partial charge >= 0.3 is 0 Å². The fraction of sp³-hybridized carbons (Fsp3) is 0.417. The third-order valence-corrected chi connectivity index (χ3v) is 3.20. The first-order valence-corrected chi connectivity index (χ1v) is 5.70. The summed E-state index contributed by atoms with van der Waals surface area (Å²) in [7, 11) is 0. The largest absolute Gasteiger partial charge is 0.307 e. The molecule has 1 atom stereocenters. The van der Waals surface area contributed by atoms with Crippen molar-refractivity contribution in [3.8, 4) is 0 Å². The molecule has 2 rings (SSSR count). The van der Waals surface area contributed by atoms with E-state index in [-0.39, 0.29) is 23.2 Å². The summed E-state index contributed by atoms with van der Waals surface area (Å²) in [5.41, 5.74) is 0.741. The Morgan fingerprint density at radius 2 is 2.31 bits per heavy atom. The Kier molecular flexibility index (Phi) is 3.26. The van der Waals surface area contributed by atoms with Crippen LogP contribution >= 0.6 is 11.6 Å². The minimum Gasteiger partial charge on any atom is -0.307 e. The van der Waals surface area contributed by atoms with E-state index in [9.17, 15) is 9.18 Å². The summed E-state index contributed by atoms with van der Waals surface area (Å²) >= 11 is 5.96. The number of carbonyl (C=O) groups excluding carboxylic acids is 1. The second-order valence-corrected chi connectivity index (χ2v) is 4.50. The van der Waals surface area contributed by atoms with Crippen molar-refractivity contribution in [3.63, 3.8) is 0 Å². The highest BCUT2D eigenvalue weighted by atomic mass is 35.5. The molecule has 0 amide bonds. The third kappa shape index (κ3) is 2.11. The zero-order chi connectivity index (χ0) is 11.7. The molecule has 2 nitrogen and oxygen atoms in total. The molecule has 1 heterocycles. The maximum absolute atomic E-state index is 13.4. The highest BCUT2D eigenvalue weighted by Crippen LogP contribution is 2.23. The van der Waals surface area contributed by atoms with E-state index in [1.54, 1.807) is 6.92 Å². The number of aryl methyl sites for hydroxylation is 1. The number of ketones is 1. The molecule has 1 aromatic carbocycles. The molecule has 1 aromatic rings. The van der Waals surface area contributed by atoms with E-state index in [1.807, 2.05) is 0 Å². The molecule has 0 radical (unpaired) electrons. The lowest BCUT2D eigenvalue weighted by molar-refractivity contribution is 0.0952. The van der Waals surface area contributed by atoms with Gasteiger partial charge in [0.15, 0.2) is 5.78 Å². The van der Waals surface area contributed by atoms with E-state index in [2.05, 4.69) is 5.32 Å². The van der Waals surface area contributed by atoms with Crippen LogP contribution < -0.4 is 5.32 Å². The fourth-order valence-electron chi connectivity index (χ4n) is 1.93. The Labute approximate surface area is 98.8 Å². The maximum Gasteiger partial charge on any atom is 0.181 e. The minimum atomic E-state index is -0.384. The standard InChI is InChI=1S/C12H13ClFNO/c1-7-5-9(13)8(6-10(7)14)12(16)11-3-2-4-15-11/h5-6,11,15H,2-4H2,1H3. The fourth-order valence-corrected chi connectivity index (χ4v) is 2.24. The van der Waals surface area contributed by atoms with Crippen LogP contribution in [0, 0.1) is 12.7 Å². The number of halogens is 2. The van der Waals surface area contributed by atoms with Crippen molar-refractivity contribution in [1.29, 1.82) is 0 Å². The average Bonchev–Trinajstić information content (AvgIpc) is 2.75. The predicted octanol–water partition coefficient (Wildman–Crippen LogP) is 2.72. The Hall–Kier alpha value is -0.930. The first-order valence-electron chi connectivity index (χ1n) is 5.33. The van der Waals surface area contributed by atoms with Crippen LogP contribution in [0.3, 0.4) is 0 Å². The zero-order valence-electron chi connectivity index (χ0n) is 9.02. The monoisotopic (exact) mass is 241 g/mol. The first-order chi connectivity index (χ1) is 7.59. The number of rotatable bonds is 2. The van der Waals surface area contributed by atoms with Crippen LogP contribution in [-0.4, -0.2) is 18.4 Å². The van der Waals surface area contributed by atoms with Crippen molar-refractivity contribution >= 4 is 17.4 Å². The van der Waals surface area contributed by atoms with E-state index in [0.29, 0.717) is 10.6 Å². The number of benzene rings is 1. The Bertz CT molecular complexity index is 427. The number of hydrogen-bond acceptors (Lipinski definition) is 2. The van der Waals surface area contributed by atoms with Crippen molar-refractivity contribution in [3.05, 3.63) is 34.1 Å². The van der Waals surface area contributed by atoms with Crippen LogP contribution in [-0.2, 0) is 0 Å². The highest BCUT2D eigenvalue weighted by Gasteiger charge is 2.25. The van der Waals surface area contributed by atoms with Gasteiger partial charge < -0.3 is 5.32 Å². The molecule has 1 unspecified atom stereocenters. The first kappa shape index (κ1) is 11.6. The van der Waals surface area contributed by atoms with Gasteiger partial charge in [-0.3, -0.25) is 4.79 Å². The summed E-state index contributed by atoms with van der Waals surface area (Å²) in [6, 6.07) is 2.53. The predicted molar refractivity (Wildman–Crippen MR) is 61.5 cm³/mol. The second-order valence-electron chi connectivity index (χ2n) is 4.09. The van der Waals surface area contributed by atoms with Gasteiger partial charge in [-0.15, -0.1) is 0 Å². The molecule has 0 aliphatic carbocycles. The van der Waals surface area contributed by atoms with Gasteiger partial charge in [0.1, 0.15) is 5.82 Å². The quantitative estimate of drug-likeness (QED) is 0.807. The number of hydrogen-bond donors (Lipinski definition) is 1. The molecule has 1 N–H and O–H groups in total. The third-order valence-electron chi connectivity index (χ3n) is 2.89. The molecule has 0 spiro atoms. The van der Waals surface area contributed by atoms with Gasteiger partial charge in [-0.2, -0.15) is 0 Å². The molecule has 1 aliphatic heterocycles. The highest BCUT2D eigenvalue weighted by molar-refractivity contribution is 6.34. The normalized spacial score (nSPS) is 20.1. The van der Waals surface area contributed by atoms with E-state index >= 15 is 0 Å². The molecule has 0 aromatic heterocycles.